The number of anilines is 2. The van der Waals surface area contributed by atoms with Gasteiger partial charge >= 0.3 is 0 Å². The van der Waals surface area contributed by atoms with E-state index in [0.717, 1.165) is 6.20 Å². The highest BCUT2D eigenvalue weighted by atomic mass is 19.1. The van der Waals surface area contributed by atoms with Crippen LogP contribution in [-0.4, -0.2) is 91.4 Å². The third kappa shape index (κ3) is 5.68. The number of likely N-dealkylation sites (tertiary alicyclic amines) is 1. The summed E-state index contributed by atoms with van der Waals surface area (Å²) in [6.45, 7) is 1.67. The Morgan fingerprint density at radius 2 is 2.00 bits per heavy atom. The number of halogens is 2. The average Bonchev–Trinajstić information content (AvgIpc) is 2.85. The van der Waals surface area contributed by atoms with Crippen LogP contribution in [0.2, 0.25) is 0 Å². The quantitative estimate of drug-likeness (QED) is 0.428. The molecule has 3 saturated heterocycles. The second-order valence-corrected chi connectivity index (χ2v) is 9.85. The molecule has 12 nitrogen and oxygen atoms in total. The van der Waals surface area contributed by atoms with Gasteiger partial charge in [0, 0.05) is 45.2 Å². The fraction of sp³-hybridized carbons (Fsp3) is 0.652. The van der Waals surface area contributed by atoms with E-state index in [1.807, 2.05) is 0 Å². The molecule has 0 spiro atoms. The summed E-state index contributed by atoms with van der Waals surface area (Å²) in [6, 6.07) is 2.15. The molecule has 1 aromatic heterocycles. The number of rotatable bonds is 7. The van der Waals surface area contributed by atoms with Gasteiger partial charge in [-0.15, -0.1) is 4.91 Å². The Kier molecular flexibility index (Phi) is 8.25. The minimum absolute atomic E-state index is 0.00712. The van der Waals surface area contributed by atoms with E-state index in [1.54, 1.807) is 21.7 Å². The van der Waals surface area contributed by atoms with Crippen molar-refractivity contribution >= 4 is 23.2 Å². The molecule has 0 aliphatic carbocycles. The van der Waals surface area contributed by atoms with Crippen LogP contribution in [0.25, 0.3) is 0 Å². The van der Waals surface area contributed by atoms with Gasteiger partial charge in [0.1, 0.15) is 17.8 Å². The minimum atomic E-state index is -1.43. The number of nitrogens with one attached hydrogen (secondary N) is 2. The lowest BCUT2D eigenvalue weighted by atomic mass is 9.91. The third-order valence-corrected chi connectivity index (χ3v) is 7.31. The van der Waals surface area contributed by atoms with Crippen molar-refractivity contribution in [2.45, 2.75) is 31.3 Å². The molecule has 37 heavy (non-hydrogen) atoms. The molecule has 4 N–H and O–H groups in total. The molecule has 1 aromatic rings. The molecule has 0 aromatic carbocycles. The summed E-state index contributed by atoms with van der Waals surface area (Å²) in [5, 5.41) is 17.3. The van der Waals surface area contributed by atoms with Gasteiger partial charge in [0.15, 0.2) is 12.0 Å². The molecule has 2 amide bonds. The van der Waals surface area contributed by atoms with Crippen molar-refractivity contribution in [1.29, 1.82) is 5.26 Å². The van der Waals surface area contributed by atoms with Crippen LogP contribution in [0, 0.1) is 39.8 Å². The van der Waals surface area contributed by atoms with Crippen molar-refractivity contribution in [3.8, 4) is 6.07 Å². The number of alkyl halides is 1. The zero-order valence-electron chi connectivity index (χ0n) is 20.5. The van der Waals surface area contributed by atoms with Crippen LogP contribution >= 0.6 is 0 Å². The average molecular weight is 520 g/mol. The predicted octanol–water partition coefficient (Wildman–Crippen LogP) is 0.224. The van der Waals surface area contributed by atoms with Gasteiger partial charge in [-0.2, -0.15) is 5.26 Å². The molecule has 3 fully saturated rings. The minimum Gasteiger partial charge on any atom is -0.367 e. The molecule has 4 unspecified atom stereocenters. The molecular weight excluding hydrogens is 488 g/mol. The molecule has 4 heterocycles. The number of nitroso groups, excluding NO2 is 1. The number of hydrogen-bond donors (Lipinski definition) is 3. The fourth-order valence-electron chi connectivity index (χ4n) is 5.25. The van der Waals surface area contributed by atoms with E-state index in [-0.39, 0.29) is 42.2 Å². The highest BCUT2D eigenvalue weighted by molar-refractivity contribution is 5.96. The number of hydrogen-bond acceptors (Lipinski definition) is 10. The Bertz CT molecular complexity index is 1060. The van der Waals surface area contributed by atoms with Crippen molar-refractivity contribution in [1.82, 2.24) is 20.1 Å². The molecule has 3 aliphatic heterocycles. The maximum absolute atomic E-state index is 15.0. The van der Waals surface area contributed by atoms with Gasteiger partial charge in [0.05, 0.1) is 36.2 Å². The lowest BCUT2D eigenvalue weighted by Gasteiger charge is -2.41. The Hall–Kier alpha value is -3.28. The first kappa shape index (κ1) is 26.8. The van der Waals surface area contributed by atoms with Crippen LogP contribution in [0.3, 0.4) is 0 Å². The van der Waals surface area contributed by atoms with Gasteiger partial charge in [0.25, 0.3) is 0 Å². The largest absolute Gasteiger partial charge is 0.367 e. The van der Waals surface area contributed by atoms with E-state index in [0.29, 0.717) is 39.0 Å². The number of carbonyl (C=O) groups is 2. The van der Waals surface area contributed by atoms with Crippen LogP contribution in [0.4, 0.5) is 20.2 Å². The van der Waals surface area contributed by atoms with Gasteiger partial charge in [-0.05, 0) is 19.9 Å². The van der Waals surface area contributed by atoms with E-state index >= 15 is 0 Å². The monoisotopic (exact) mass is 519 g/mol. The first-order valence-electron chi connectivity index (χ1n) is 12.3. The molecule has 0 saturated carbocycles. The van der Waals surface area contributed by atoms with Crippen molar-refractivity contribution in [2.24, 2.45) is 28.7 Å². The summed E-state index contributed by atoms with van der Waals surface area (Å²) in [5.41, 5.74) is 6.08. The summed E-state index contributed by atoms with van der Waals surface area (Å²) in [7, 11) is 1.60. The maximum atomic E-state index is 15.0. The number of aromatic nitrogens is 1. The van der Waals surface area contributed by atoms with E-state index in [4.69, 9.17) is 11.0 Å². The summed E-state index contributed by atoms with van der Waals surface area (Å²) in [6.07, 6.45) is 0.00360. The first-order valence-corrected chi connectivity index (χ1v) is 12.3. The van der Waals surface area contributed by atoms with Crippen molar-refractivity contribution < 1.29 is 18.4 Å². The highest BCUT2D eigenvalue weighted by Crippen LogP contribution is 2.33. The summed E-state index contributed by atoms with van der Waals surface area (Å²) in [4.78, 5) is 46.1. The number of amides is 2. The summed E-state index contributed by atoms with van der Waals surface area (Å²) >= 11 is 0. The van der Waals surface area contributed by atoms with E-state index in [2.05, 4.69) is 26.9 Å². The van der Waals surface area contributed by atoms with E-state index < -0.39 is 36.1 Å². The zero-order valence-corrected chi connectivity index (χ0v) is 20.5. The second kappa shape index (κ2) is 11.4. The Balaban J connectivity index is 1.46. The van der Waals surface area contributed by atoms with Crippen LogP contribution < -0.4 is 21.3 Å². The highest BCUT2D eigenvalue weighted by Gasteiger charge is 2.41. The Morgan fingerprint density at radius 3 is 2.62 bits per heavy atom. The number of carbonyl (C=O) groups excluding carboxylic acids is 2. The van der Waals surface area contributed by atoms with Gasteiger partial charge in [-0.1, -0.05) is 5.18 Å². The van der Waals surface area contributed by atoms with Gasteiger partial charge < -0.3 is 20.9 Å². The molecular formula is C23H31F2N9O3. The standard InChI is InChI=1S/C23H31F2N9O3/c1-32-12-15(24)7-29-21(32)18(20(27)31-37)22(35)30-17-9-28-8-16(25)19(17)33-4-2-14(3-5-33)23(36)34-10-13(6-26)11-34/h8-9,13-15,18,20-21,29H,2-5,7,10-12,27H2,1H3,(H,30,35). The number of nitrogens with two attached hydrogens (primary N) is 1. The van der Waals surface area contributed by atoms with Crippen LogP contribution in [0.15, 0.2) is 17.6 Å². The SMILES string of the molecule is CN1CC(F)CNC1C(C(=O)Nc1cncc(F)c1N1CCC(C(=O)N2CC(C#N)C2)CC1)C(N)N=O. The smallest absolute Gasteiger partial charge is 0.234 e. The van der Waals surface area contributed by atoms with E-state index in [1.165, 1.54) is 6.20 Å². The van der Waals surface area contributed by atoms with E-state index in [9.17, 15) is 23.3 Å². The maximum Gasteiger partial charge on any atom is 0.234 e. The van der Waals surface area contributed by atoms with Gasteiger partial charge in [0.2, 0.25) is 11.8 Å². The normalized spacial score (nSPS) is 25.1. The molecule has 14 heteroatoms. The number of nitrogens with zero attached hydrogens (tertiary/aromatic N) is 6. The fourth-order valence-corrected chi connectivity index (χ4v) is 5.25. The van der Waals surface area contributed by atoms with Crippen molar-refractivity contribution in [2.75, 3.05) is 56.5 Å². The summed E-state index contributed by atoms with van der Waals surface area (Å²) in [5.74, 6) is -2.83. The lowest BCUT2D eigenvalue weighted by molar-refractivity contribution is -0.141. The third-order valence-electron chi connectivity index (χ3n) is 7.31. The molecule has 4 rings (SSSR count). The first-order chi connectivity index (χ1) is 17.7. The zero-order chi connectivity index (χ0) is 26.7. The Labute approximate surface area is 213 Å². The number of piperidine rings is 1. The van der Waals surface area contributed by atoms with Crippen molar-refractivity contribution in [3.63, 3.8) is 0 Å². The molecule has 0 bridgehead atoms. The molecule has 3 aliphatic rings. The van der Waals surface area contributed by atoms with Crippen LogP contribution in [0.1, 0.15) is 12.8 Å². The molecule has 200 valence electrons. The second-order valence-electron chi connectivity index (χ2n) is 9.85. The van der Waals surface area contributed by atoms with Crippen LogP contribution in [-0.2, 0) is 9.59 Å². The van der Waals surface area contributed by atoms with Gasteiger partial charge in [-0.3, -0.25) is 24.8 Å². The van der Waals surface area contributed by atoms with Crippen molar-refractivity contribution in [3.05, 3.63) is 23.1 Å². The van der Waals surface area contributed by atoms with Gasteiger partial charge in [-0.25, -0.2) is 8.78 Å². The lowest BCUT2D eigenvalue weighted by Crippen LogP contribution is -2.62. The topological polar surface area (TPSA) is 160 Å². The predicted molar refractivity (Wildman–Crippen MR) is 130 cm³/mol. The molecule has 0 radical (unpaired) electrons. The summed E-state index contributed by atoms with van der Waals surface area (Å²) < 4.78 is 28.8. The Morgan fingerprint density at radius 1 is 1.30 bits per heavy atom. The molecule has 4 atom stereocenters. The number of pyridine rings is 1. The van der Waals surface area contributed by atoms with Crippen LogP contribution in [0.5, 0.6) is 0 Å². The number of nitriles is 1.